The lowest BCUT2D eigenvalue weighted by atomic mass is 9.99. The minimum Gasteiger partial charge on any atom is -0.417 e. The van der Waals surface area contributed by atoms with E-state index >= 15 is 0 Å². The molecule has 148 valence electrons. The largest absolute Gasteiger partial charge is 0.417 e. The van der Waals surface area contributed by atoms with Gasteiger partial charge < -0.3 is 14.3 Å². The Hall–Kier alpha value is -3.49. The van der Waals surface area contributed by atoms with E-state index in [1.165, 1.54) is 0 Å². The van der Waals surface area contributed by atoms with Crippen LogP contribution < -0.4 is 0 Å². The van der Waals surface area contributed by atoms with Crippen LogP contribution in [0.3, 0.4) is 0 Å². The summed E-state index contributed by atoms with van der Waals surface area (Å²) in [6, 6.07) is 5.58. The minimum absolute atomic E-state index is 0.00219. The van der Waals surface area contributed by atoms with E-state index in [1.54, 1.807) is 11.2 Å². The summed E-state index contributed by atoms with van der Waals surface area (Å²) in [6.07, 6.45) is 4.24. The van der Waals surface area contributed by atoms with Crippen LogP contribution in [0.15, 0.2) is 35.1 Å². The molecule has 0 bridgehead atoms. The zero-order valence-electron chi connectivity index (χ0n) is 16.5. The predicted octanol–water partition coefficient (Wildman–Crippen LogP) is 2.66. The lowest BCUT2D eigenvalue weighted by Gasteiger charge is -2.32. The Morgan fingerprint density at radius 2 is 2.21 bits per heavy atom. The van der Waals surface area contributed by atoms with Crippen LogP contribution in [0.4, 0.5) is 0 Å². The van der Waals surface area contributed by atoms with Gasteiger partial charge in [0.2, 0.25) is 5.89 Å². The zero-order valence-corrected chi connectivity index (χ0v) is 16.5. The van der Waals surface area contributed by atoms with Crippen molar-refractivity contribution < 1.29 is 9.21 Å². The van der Waals surface area contributed by atoms with Crippen molar-refractivity contribution in [1.82, 2.24) is 34.7 Å². The van der Waals surface area contributed by atoms with E-state index in [4.69, 9.17) is 9.52 Å². The van der Waals surface area contributed by atoms with E-state index in [9.17, 15) is 4.79 Å². The van der Waals surface area contributed by atoms with Gasteiger partial charge in [0.15, 0.2) is 0 Å². The maximum Gasteiger partial charge on any atom is 0.312 e. The van der Waals surface area contributed by atoms with Crippen molar-refractivity contribution in [2.45, 2.75) is 39.2 Å². The molecule has 0 unspecified atom stereocenters. The van der Waals surface area contributed by atoms with Crippen molar-refractivity contribution in [1.29, 1.82) is 0 Å². The smallest absolute Gasteiger partial charge is 0.312 e. The van der Waals surface area contributed by atoms with E-state index < -0.39 is 6.04 Å². The van der Waals surface area contributed by atoms with Crippen molar-refractivity contribution >= 4 is 11.4 Å². The van der Waals surface area contributed by atoms with Gasteiger partial charge in [-0.2, -0.15) is 5.10 Å². The first-order valence-corrected chi connectivity index (χ1v) is 9.64. The number of pyridine rings is 1. The number of carbonyl (C=O) groups excluding carboxylic acids is 1. The molecule has 0 saturated heterocycles. The number of aromatic amines is 1. The Labute approximate surface area is 166 Å². The van der Waals surface area contributed by atoms with E-state index in [2.05, 4.69) is 20.2 Å². The van der Waals surface area contributed by atoms with Crippen LogP contribution in [-0.4, -0.2) is 47.1 Å². The van der Waals surface area contributed by atoms with E-state index in [0.29, 0.717) is 18.9 Å². The van der Waals surface area contributed by atoms with Gasteiger partial charge >= 0.3 is 11.8 Å². The number of rotatable bonds is 3. The third-order valence-corrected chi connectivity index (χ3v) is 5.32. The van der Waals surface area contributed by atoms with Crippen molar-refractivity contribution in [2.75, 3.05) is 6.54 Å². The lowest BCUT2D eigenvalue weighted by Crippen LogP contribution is -2.41. The highest BCUT2D eigenvalue weighted by atomic mass is 16.4. The molecule has 0 saturated carbocycles. The molecule has 5 heterocycles. The van der Waals surface area contributed by atoms with Crippen molar-refractivity contribution in [3.8, 4) is 0 Å². The standard InChI is InChI=1S/C20H21N7O2/c1-11(2)18-23-24-19(29-18)20(28)26-8-6-13-16(22-10-21-13)17(26)14-9-15-12(3)5-4-7-27(15)25-14/h4-5,7,9-11,17H,6,8H2,1-3H3,(H,21,22)/t17-/m0/s1. The molecule has 9 heteroatoms. The van der Waals surface area contributed by atoms with Gasteiger partial charge in [-0.25, -0.2) is 9.50 Å². The van der Waals surface area contributed by atoms with E-state index in [-0.39, 0.29) is 17.7 Å². The van der Waals surface area contributed by atoms with Gasteiger partial charge in [-0.3, -0.25) is 4.79 Å². The number of aryl methyl sites for hydroxylation is 1. The quantitative estimate of drug-likeness (QED) is 0.576. The van der Waals surface area contributed by atoms with Gasteiger partial charge in [-0.15, -0.1) is 10.2 Å². The van der Waals surface area contributed by atoms with E-state index in [0.717, 1.165) is 28.2 Å². The number of H-pyrrole nitrogens is 1. The average Bonchev–Trinajstić information content (AvgIpc) is 3.44. The molecular formula is C20H21N7O2. The maximum atomic E-state index is 13.3. The van der Waals surface area contributed by atoms with Gasteiger partial charge in [0.05, 0.1) is 23.2 Å². The minimum atomic E-state index is -0.425. The first-order chi connectivity index (χ1) is 14.0. The monoisotopic (exact) mass is 391 g/mol. The number of hydrogen-bond acceptors (Lipinski definition) is 6. The van der Waals surface area contributed by atoms with Crippen LogP contribution in [0, 0.1) is 6.92 Å². The first-order valence-electron chi connectivity index (χ1n) is 9.64. The molecule has 0 spiro atoms. The number of amides is 1. The fourth-order valence-corrected chi connectivity index (χ4v) is 3.78. The van der Waals surface area contributed by atoms with Crippen LogP contribution in [0.25, 0.3) is 5.52 Å². The normalized spacial score (nSPS) is 16.6. The van der Waals surface area contributed by atoms with Crippen LogP contribution in [0.1, 0.15) is 65.0 Å². The van der Waals surface area contributed by atoms with Gasteiger partial charge in [-0.1, -0.05) is 19.9 Å². The van der Waals surface area contributed by atoms with Crippen LogP contribution in [0.2, 0.25) is 0 Å². The number of nitrogens with one attached hydrogen (secondary N) is 1. The molecule has 0 aromatic carbocycles. The Bertz CT molecular complexity index is 1200. The molecule has 4 aromatic heterocycles. The Morgan fingerprint density at radius 1 is 1.34 bits per heavy atom. The van der Waals surface area contributed by atoms with Gasteiger partial charge in [-0.05, 0) is 24.6 Å². The summed E-state index contributed by atoms with van der Waals surface area (Å²) in [6.45, 7) is 6.43. The highest BCUT2D eigenvalue weighted by Crippen LogP contribution is 2.34. The molecule has 1 amide bonds. The van der Waals surface area contributed by atoms with Gasteiger partial charge in [0, 0.05) is 30.8 Å². The Balaban J connectivity index is 1.60. The second-order valence-electron chi connectivity index (χ2n) is 7.61. The second kappa shape index (κ2) is 6.54. The number of imidazole rings is 1. The maximum absolute atomic E-state index is 13.3. The number of nitrogens with zero attached hydrogens (tertiary/aromatic N) is 6. The highest BCUT2D eigenvalue weighted by molar-refractivity contribution is 5.90. The third kappa shape index (κ3) is 2.81. The molecule has 4 aromatic rings. The SMILES string of the molecule is Cc1cccn2nc([C@H]3c4nc[nH]c4CCN3C(=O)c3nnc(C(C)C)o3)cc12. The molecule has 1 aliphatic rings. The molecule has 0 fully saturated rings. The molecule has 1 atom stereocenters. The molecule has 0 radical (unpaired) electrons. The topological polar surface area (TPSA) is 105 Å². The van der Waals surface area contributed by atoms with Crippen molar-refractivity contribution in [3.05, 3.63) is 65.1 Å². The predicted molar refractivity (Wildman–Crippen MR) is 103 cm³/mol. The summed E-state index contributed by atoms with van der Waals surface area (Å²) in [7, 11) is 0. The van der Waals surface area contributed by atoms with Crippen LogP contribution >= 0.6 is 0 Å². The molecule has 5 rings (SSSR count). The van der Waals surface area contributed by atoms with Crippen molar-refractivity contribution in [3.63, 3.8) is 0 Å². The summed E-state index contributed by atoms with van der Waals surface area (Å²) < 4.78 is 7.46. The fraction of sp³-hybridized carbons (Fsp3) is 0.350. The molecule has 1 aliphatic heterocycles. The third-order valence-electron chi connectivity index (χ3n) is 5.32. The summed E-state index contributed by atoms with van der Waals surface area (Å²) >= 11 is 0. The Morgan fingerprint density at radius 3 is 2.97 bits per heavy atom. The molecule has 1 N–H and O–H groups in total. The van der Waals surface area contributed by atoms with Gasteiger partial charge in [0.1, 0.15) is 6.04 Å². The molecular weight excluding hydrogens is 370 g/mol. The molecule has 9 nitrogen and oxygen atoms in total. The summed E-state index contributed by atoms with van der Waals surface area (Å²) in [5, 5.41) is 12.7. The first kappa shape index (κ1) is 17.6. The highest BCUT2D eigenvalue weighted by Gasteiger charge is 2.38. The fourth-order valence-electron chi connectivity index (χ4n) is 3.78. The van der Waals surface area contributed by atoms with Crippen LogP contribution in [0.5, 0.6) is 0 Å². The second-order valence-corrected chi connectivity index (χ2v) is 7.61. The van der Waals surface area contributed by atoms with Crippen molar-refractivity contribution in [2.24, 2.45) is 0 Å². The number of fused-ring (bicyclic) bond motifs is 2. The molecule has 0 aliphatic carbocycles. The summed E-state index contributed by atoms with van der Waals surface area (Å²) in [4.78, 5) is 22.7. The zero-order chi connectivity index (χ0) is 20.1. The molecule has 29 heavy (non-hydrogen) atoms. The lowest BCUT2D eigenvalue weighted by molar-refractivity contribution is 0.0643. The summed E-state index contributed by atoms with van der Waals surface area (Å²) in [5.41, 5.74) is 4.68. The van der Waals surface area contributed by atoms with E-state index in [1.807, 2.05) is 49.7 Å². The average molecular weight is 391 g/mol. The van der Waals surface area contributed by atoms with Gasteiger partial charge in [0.25, 0.3) is 0 Å². The Kier molecular flexibility index (Phi) is 3.97. The number of carbonyl (C=O) groups is 1. The summed E-state index contributed by atoms with van der Waals surface area (Å²) in [5.74, 6) is 0.195. The number of aromatic nitrogens is 6. The van der Waals surface area contributed by atoms with Crippen LogP contribution in [-0.2, 0) is 6.42 Å². The number of hydrogen-bond donors (Lipinski definition) is 1.